The summed E-state index contributed by atoms with van der Waals surface area (Å²) in [4.78, 5) is 19.7. The molecular formula is C18H27N3O2S. The van der Waals surface area contributed by atoms with Crippen LogP contribution in [0.1, 0.15) is 19.3 Å². The number of carbonyl (C=O) groups is 1. The van der Waals surface area contributed by atoms with E-state index in [9.17, 15) is 9.00 Å². The Hall–Kier alpha value is -1.40. The van der Waals surface area contributed by atoms with Crippen LogP contribution in [0.3, 0.4) is 0 Å². The van der Waals surface area contributed by atoms with Gasteiger partial charge in [-0.05, 0) is 31.4 Å². The van der Waals surface area contributed by atoms with E-state index in [1.807, 2.05) is 40.1 Å². The summed E-state index contributed by atoms with van der Waals surface area (Å²) in [6.45, 7) is 5.98. The van der Waals surface area contributed by atoms with Gasteiger partial charge in [-0.2, -0.15) is 0 Å². The second-order valence-corrected chi connectivity index (χ2v) is 8.09. The summed E-state index contributed by atoms with van der Waals surface area (Å²) in [5, 5.41) is 0. The van der Waals surface area contributed by atoms with Crippen LogP contribution in [0.15, 0.2) is 35.2 Å². The molecule has 0 aliphatic carbocycles. The third-order valence-corrected chi connectivity index (χ3v) is 6.22. The highest BCUT2D eigenvalue weighted by molar-refractivity contribution is 7.85. The Bertz CT molecular complexity index is 553. The summed E-state index contributed by atoms with van der Waals surface area (Å²) in [7, 11) is -0.937. The van der Waals surface area contributed by atoms with Gasteiger partial charge >= 0.3 is 6.03 Å². The van der Waals surface area contributed by atoms with Crippen LogP contribution < -0.4 is 0 Å². The van der Waals surface area contributed by atoms with E-state index in [2.05, 4.69) is 4.90 Å². The lowest BCUT2D eigenvalue weighted by Crippen LogP contribution is -2.54. The zero-order valence-electron chi connectivity index (χ0n) is 14.2. The number of urea groups is 1. The molecule has 1 atom stereocenters. The van der Waals surface area contributed by atoms with Crippen LogP contribution in [0.5, 0.6) is 0 Å². The number of likely N-dealkylation sites (tertiary alicyclic amines) is 1. The van der Waals surface area contributed by atoms with Crippen LogP contribution in [0.25, 0.3) is 0 Å². The summed E-state index contributed by atoms with van der Waals surface area (Å²) >= 11 is 0. The lowest BCUT2D eigenvalue weighted by molar-refractivity contribution is 0.109. The molecule has 3 rings (SSSR count). The van der Waals surface area contributed by atoms with E-state index in [-0.39, 0.29) is 6.03 Å². The number of nitrogens with zero attached hydrogens (tertiary/aromatic N) is 3. The van der Waals surface area contributed by atoms with Crippen molar-refractivity contribution in [1.82, 2.24) is 14.7 Å². The number of carbonyl (C=O) groups excluding carboxylic acids is 1. The van der Waals surface area contributed by atoms with Crippen molar-refractivity contribution in [2.45, 2.75) is 24.2 Å². The Morgan fingerprint density at radius 1 is 0.875 bits per heavy atom. The maximum atomic E-state index is 12.5. The van der Waals surface area contributed by atoms with Crippen molar-refractivity contribution in [3.05, 3.63) is 30.3 Å². The van der Waals surface area contributed by atoms with Gasteiger partial charge in [0, 0.05) is 56.5 Å². The van der Waals surface area contributed by atoms with Gasteiger partial charge in [0.1, 0.15) is 0 Å². The average Bonchev–Trinajstić information content (AvgIpc) is 2.67. The Morgan fingerprint density at radius 2 is 1.50 bits per heavy atom. The van der Waals surface area contributed by atoms with E-state index in [0.29, 0.717) is 5.75 Å². The summed E-state index contributed by atoms with van der Waals surface area (Å²) in [6, 6.07) is 9.86. The van der Waals surface area contributed by atoms with Gasteiger partial charge in [0.25, 0.3) is 0 Å². The molecule has 132 valence electrons. The molecule has 5 nitrogen and oxygen atoms in total. The molecular weight excluding hydrogens is 322 g/mol. The van der Waals surface area contributed by atoms with Crippen LogP contribution in [-0.2, 0) is 10.8 Å². The van der Waals surface area contributed by atoms with E-state index >= 15 is 0 Å². The lowest BCUT2D eigenvalue weighted by Gasteiger charge is -2.38. The fourth-order valence-electron chi connectivity index (χ4n) is 3.35. The fourth-order valence-corrected chi connectivity index (χ4v) is 4.47. The SMILES string of the molecule is O=C(N1CCCCC1)N1CCN(CC[S@](=O)c2ccccc2)CC1. The van der Waals surface area contributed by atoms with Gasteiger partial charge in [-0.25, -0.2) is 4.79 Å². The summed E-state index contributed by atoms with van der Waals surface area (Å²) < 4.78 is 12.3. The van der Waals surface area contributed by atoms with Crippen LogP contribution in [0, 0.1) is 0 Å². The molecule has 2 heterocycles. The van der Waals surface area contributed by atoms with Crippen molar-refractivity contribution in [1.29, 1.82) is 0 Å². The molecule has 0 saturated carbocycles. The number of hydrogen-bond acceptors (Lipinski definition) is 3. The first kappa shape index (κ1) is 17.4. The van der Waals surface area contributed by atoms with Gasteiger partial charge in [0.05, 0.1) is 10.8 Å². The molecule has 1 aromatic rings. The highest BCUT2D eigenvalue weighted by atomic mass is 32.2. The topological polar surface area (TPSA) is 43.9 Å². The first-order valence-electron chi connectivity index (χ1n) is 8.94. The third kappa shape index (κ3) is 4.57. The molecule has 0 spiro atoms. The van der Waals surface area contributed by atoms with Gasteiger partial charge in [-0.1, -0.05) is 18.2 Å². The third-order valence-electron chi connectivity index (χ3n) is 4.87. The Balaban J connectivity index is 1.40. The first-order valence-corrected chi connectivity index (χ1v) is 10.3. The predicted molar refractivity (Wildman–Crippen MR) is 96.6 cm³/mol. The zero-order valence-corrected chi connectivity index (χ0v) is 15.0. The molecule has 0 bridgehead atoms. The molecule has 1 aromatic carbocycles. The minimum absolute atomic E-state index is 0.210. The van der Waals surface area contributed by atoms with Crippen molar-refractivity contribution in [2.24, 2.45) is 0 Å². The maximum Gasteiger partial charge on any atom is 0.320 e. The van der Waals surface area contributed by atoms with E-state index in [1.54, 1.807) is 0 Å². The molecule has 24 heavy (non-hydrogen) atoms. The molecule has 6 heteroatoms. The quantitative estimate of drug-likeness (QED) is 0.835. The van der Waals surface area contributed by atoms with Crippen molar-refractivity contribution in [3.8, 4) is 0 Å². The fraction of sp³-hybridized carbons (Fsp3) is 0.611. The van der Waals surface area contributed by atoms with Crippen LogP contribution in [-0.4, -0.2) is 76.5 Å². The molecule has 0 aromatic heterocycles. The van der Waals surface area contributed by atoms with Crippen molar-refractivity contribution < 1.29 is 9.00 Å². The van der Waals surface area contributed by atoms with Crippen LogP contribution in [0.2, 0.25) is 0 Å². The summed E-state index contributed by atoms with van der Waals surface area (Å²) in [6.07, 6.45) is 3.52. The molecule has 2 aliphatic heterocycles. The average molecular weight is 350 g/mol. The van der Waals surface area contributed by atoms with Crippen LogP contribution in [0.4, 0.5) is 4.79 Å². The second kappa shape index (κ2) is 8.62. The first-order chi connectivity index (χ1) is 11.7. The van der Waals surface area contributed by atoms with Crippen molar-refractivity contribution >= 4 is 16.8 Å². The number of rotatable bonds is 4. The standard InChI is InChI=1S/C18H27N3O2S/c22-18(20-9-5-2-6-10-20)21-13-11-19(12-14-21)15-16-24(23)17-7-3-1-4-8-17/h1,3-4,7-8H,2,5-6,9-16H2/t24-/m0/s1. The molecule has 2 saturated heterocycles. The Kier molecular flexibility index (Phi) is 6.26. The molecule has 2 amide bonds. The van der Waals surface area contributed by atoms with E-state index in [0.717, 1.165) is 63.6 Å². The van der Waals surface area contributed by atoms with E-state index in [1.165, 1.54) is 6.42 Å². The number of piperazine rings is 1. The normalized spacial score (nSPS) is 20.8. The Labute approximate surface area is 147 Å². The van der Waals surface area contributed by atoms with Gasteiger partial charge < -0.3 is 9.80 Å². The monoisotopic (exact) mass is 349 g/mol. The highest BCUT2D eigenvalue weighted by Crippen LogP contribution is 2.13. The highest BCUT2D eigenvalue weighted by Gasteiger charge is 2.26. The molecule has 0 radical (unpaired) electrons. The van der Waals surface area contributed by atoms with Gasteiger partial charge in [0.2, 0.25) is 0 Å². The van der Waals surface area contributed by atoms with Crippen molar-refractivity contribution in [3.63, 3.8) is 0 Å². The second-order valence-electron chi connectivity index (χ2n) is 6.52. The minimum Gasteiger partial charge on any atom is -0.325 e. The smallest absolute Gasteiger partial charge is 0.320 e. The molecule has 0 N–H and O–H groups in total. The van der Waals surface area contributed by atoms with Crippen LogP contribution >= 0.6 is 0 Å². The van der Waals surface area contributed by atoms with Gasteiger partial charge in [-0.15, -0.1) is 0 Å². The van der Waals surface area contributed by atoms with E-state index < -0.39 is 10.8 Å². The Morgan fingerprint density at radius 3 is 2.17 bits per heavy atom. The number of benzene rings is 1. The van der Waals surface area contributed by atoms with Gasteiger partial charge in [0.15, 0.2) is 0 Å². The lowest BCUT2D eigenvalue weighted by atomic mass is 10.1. The summed E-state index contributed by atoms with van der Waals surface area (Å²) in [5.41, 5.74) is 0. The zero-order chi connectivity index (χ0) is 16.8. The number of piperidine rings is 1. The summed E-state index contributed by atoms with van der Waals surface area (Å²) in [5.74, 6) is 0.657. The molecule has 2 aliphatic rings. The molecule has 0 unspecified atom stereocenters. The van der Waals surface area contributed by atoms with Crippen molar-refractivity contribution in [2.75, 3.05) is 51.6 Å². The minimum atomic E-state index is -0.937. The number of hydrogen-bond donors (Lipinski definition) is 0. The molecule has 2 fully saturated rings. The number of amides is 2. The van der Waals surface area contributed by atoms with Gasteiger partial charge in [-0.3, -0.25) is 9.11 Å². The maximum absolute atomic E-state index is 12.5. The largest absolute Gasteiger partial charge is 0.325 e. The predicted octanol–water partition coefficient (Wildman–Crippen LogP) is 2.02. The van der Waals surface area contributed by atoms with E-state index in [4.69, 9.17) is 0 Å².